The predicted octanol–water partition coefficient (Wildman–Crippen LogP) is 3.26. The van der Waals surface area contributed by atoms with E-state index in [1.54, 1.807) is 13.0 Å². The van der Waals surface area contributed by atoms with Gasteiger partial charge in [0, 0.05) is 6.54 Å². The fourth-order valence-corrected chi connectivity index (χ4v) is 4.37. The van der Waals surface area contributed by atoms with Crippen LogP contribution in [0.2, 0.25) is 0 Å². The summed E-state index contributed by atoms with van der Waals surface area (Å²) in [6.45, 7) is 4.48. The maximum atomic E-state index is 14.1. The van der Waals surface area contributed by atoms with Crippen molar-refractivity contribution in [3.63, 3.8) is 0 Å². The Morgan fingerprint density at radius 3 is 2.79 bits per heavy atom. The Kier molecular flexibility index (Phi) is 7.27. The molecule has 11 heteroatoms. The molecule has 1 aliphatic heterocycles. The van der Waals surface area contributed by atoms with Crippen LogP contribution in [-0.4, -0.2) is 36.8 Å². The third-order valence-electron chi connectivity index (χ3n) is 6.32. The van der Waals surface area contributed by atoms with Gasteiger partial charge in [-0.1, -0.05) is 43.3 Å². The second kappa shape index (κ2) is 10.9. The largest absolute Gasteiger partial charge is 0.481 e. The van der Waals surface area contributed by atoms with E-state index in [2.05, 4.69) is 20.4 Å². The minimum atomic E-state index is -0.598. The maximum Gasteiger partial charge on any atom is 0.296 e. The van der Waals surface area contributed by atoms with Crippen molar-refractivity contribution in [2.24, 2.45) is 0 Å². The molecule has 5 rings (SSSR count). The lowest BCUT2D eigenvalue weighted by molar-refractivity contribution is 0.0112. The molecule has 0 saturated carbocycles. The van der Waals surface area contributed by atoms with Gasteiger partial charge in [-0.25, -0.2) is 19.0 Å². The highest BCUT2D eigenvalue weighted by Crippen LogP contribution is 2.25. The quantitative estimate of drug-likeness (QED) is 0.381. The van der Waals surface area contributed by atoms with E-state index >= 15 is 0 Å². The molecule has 1 atom stereocenters. The number of nitrogens with one attached hydrogen (secondary N) is 1. The molecular weight excluding hydrogens is 491 g/mol. The normalized spacial score (nSPS) is 14.7. The lowest BCUT2D eigenvalue weighted by Crippen LogP contribution is -2.37. The van der Waals surface area contributed by atoms with Crippen molar-refractivity contribution in [3.8, 4) is 11.4 Å². The number of ether oxygens (including phenoxy) is 2. The van der Waals surface area contributed by atoms with Crippen LogP contribution < -0.4 is 15.6 Å². The third kappa shape index (κ3) is 5.05. The summed E-state index contributed by atoms with van der Waals surface area (Å²) in [4.78, 5) is 35.6. The van der Waals surface area contributed by atoms with E-state index < -0.39 is 23.4 Å². The number of carbonyl (C=O) groups is 1. The van der Waals surface area contributed by atoms with Gasteiger partial charge in [-0.05, 0) is 36.6 Å². The number of hydrogen-bond acceptors (Lipinski definition) is 7. The minimum absolute atomic E-state index is 0.0275. The third-order valence-corrected chi connectivity index (χ3v) is 6.32. The van der Waals surface area contributed by atoms with Gasteiger partial charge < -0.3 is 14.8 Å². The van der Waals surface area contributed by atoms with Crippen molar-refractivity contribution in [1.29, 1.82) is 0 Å². The van der Waals surface area contributed by atoms with Crippen LogP contribution in [0.1, 0.15) is 52.7 Å². The van der Waals surface area contributed by atoms with Gasteiger partial charge in [-0.3, -0.25) is 14.2 Å². The van der Waals surface area contributed by atoms with Crippen LogP contribution in [-0.2, 0) is 24.4 Å². The lowest BCUT2D eigenvalue weighted by atomic mass is 10.1. The molecule has 0 radical (unpaired) electrons. The number of carbonyl (C=O) groups excluding carboxylic acids is 1. The van der Waals surface area contributed by atoms with Crippen LogP contribution in [0.5, 0.6) is 5.75 Å². The lowest BCUT2D eigenvalue weighted by Gasteiger charge is -2.26. The smallest absolute Gasteiger partial charge is 0.296 e. The zero-order valence-corrected chi connectivity index (χ0v) is 21.1. The summed E-state index contributed by atoms with van der Waals surface area (Å²) in [5, 5.41) is 6.96. The number of benzene rings is 2. The van der Waals surface area contributed by atoms with Crippen molar-refractivity contribution >= 4 is 5.91 Å². The molecule has 0 spiro atoms. The zero-order chi connectivity index (χ0) is 26.6. The van der Waals surface area contributed by atoms with Crippen molar-refractivity contribution in [3.05, 3.63) is 99.5 Å². The summed E-state index contributed by atoms with van der Waals surface area (Å²) in [5.41, 5.74) is 1.33. The van der Waals surface area contributed by atoms with E-state index in [1.807, 2.05) is 37.3 Å². The van der Waals surface area contributed by atoms with Gasteiger partial charge in [0.25, 0.3) is 11.5 Å². The number of halogens is 1. The molecule has 38 heavy (non-hydrogen) atoms. The van der Waals surface area contributed by atoms with Gasteiger partial charge in [0.1, 0.15) is 36.5 Å². The number of aryl methyl sites for hydroxylation is 1. The number of hydrogen-bond donors (Lipinski definition) is 1. The highest BCUT2D eigenvalue weighted by molar-refractivity contribution is 5.94. The van der Waals surface area contributed by atoms with Crippen LogP contribution in [0.25, 0.3) is 5.69 Å². The second-order valence-corrected chi connectivity index (χ2v) is 8.82. The van der Waals surface area contributed by atoms with Crippen molar-refractivity contribution in [2.75, 3.05) is 6.61 Å². The molecule has 3 heterocycles. The molecule has 4 aromatic rings. The highest BCUT2D eigenvalue weighted by Gasteiger charge is 2.29. The summed E-state index contributed by atoms with van der Waals surface area (Å²) in [7, 11) is 0. The van der Waals surface area contributed by atoms with E-state index in [0.717, 1.165) is 5.56 Å². The van der Waals surface area contributed by atoms with E-state index in [1.165, 1.54) is 27.7 Å². The van der Waals surface area contributed by atoms with Gasteiger partial charge in [-0.2, -0.15) is 5.10 Å². The van der Waals surface area contributed by atoms with Gasteiger partial charge >= 0.3 is 0 Å². The summed E-state index contributed by atoms with van der Waals surface area (Å²) >= 11 is 0. The van der Waals surface area contributed by atoms with Crippen LogP contribution in [0.3, 0.4) is 0 Å². The molecular formula is C27H27FN6O4. The van der Waals surface area contributed by atoms with E-state index in [4.69, 9.17) is 9.47 Å². The van der Waals surface area contributed by atoms with E-state index in [9.17, 15) is 14.0 Å². The summed E-state index contributed by atoms with van der Waals surface area (Å²) in [6.07, 6.45) is 1.55. The standard InChI is InChI=1S/C27H27FN6O4/c1-3-22-25-32-23(24(27(36)33(25)11-12-37-22)38-15-18-7-5-4-6-8-18)26(35)29-14-19-9-10-20(28)13-21(19)34-17(2)30-16-31-34/h4-10,13,16,22H,3,11-12,14-15H2,1-2H3,(H,29,35). The average Bonchev–Trinajstić information content (AvgIpc) is 3.37. The molecule has 10 nitrogen and oxygen atoms in total. The first-order valence-electron chi connectivity index (χ1n) is 12.3. The molecule has 0 bridgehead atoms. The van der Waals surface area contributed by atoms with Crippen LogP contribution >= 0.6 is 0 Å². The van der Waals surface area contributed by atoms with Gasteiger partial charge in [0.05, 0.1) is 18.8 Å². The van der Waals surface area contributed by atoms with E-state index in [0.29, 0.717) is 42.5 Å². The Morgan fingerprint density at radius 1 is 1.24 bits per heavy atom. The molecule has 1 unspecified atom stereocenters. The Balaban J connectivity index is 1.48. The minimum Gasteiger partial charge on any atom is -0.481 e. The number of nitrogens with zero attached hydrogens (tertiary/aromatic N) is 5. The first-order valence-corrected chi connectivity index (χ1v) is 12.3. The second-order valence-electron chi connectivity index (χ2n) is 8.82. The Labute approximate surface area is 218 Å². The van der Waals surface area contributed by atoms with Gasteiger partial charge in [0.2, 0.25) is 5.75 Å². The van der Waals surface area contributed by atoms with Crippen molar-refractivity contribution in [2.45, 2.75) is 46.1 Å². The molecule has 1 amide bonds. The average molecular weight is 519 g/mol. The van der Waals surface area contributed by atoms with Crippen LogP contribution in [0, 0.1) is 12.7 Å². The van der Waals surface area contributed by atoms with Gasteiger partial charge in [-0.15, -0.1) is 0 Å². The molecule has 2 aromatic carbocycles. The number of fused-ring (bicyclic) bond motifs is 1. The Morgan fingerprint density at radius 2 is 2.05 bits per heavy atom. The number of amides is 1. The van der Waals surface area contributed by atoms with Crippen LogP contribution in [0.4, 0.5) is 4.39 Å². The number of aromatic nitrogens is 5. The Hall–Kier alpha value is -4.38. The summed E-state index contributed by atoms with van der Waals surface area (Å²) in [5.74, 6) is -0.217. The van der Waals surface area contributed by atoms with Crippen molar-refractivity contribution < 1.29 is 18.7 Å². The summed E-state index contributed by atoms with van der Waals surface area (Å²) in [6, 6.07) is 13.5. The summed E-state index contributed by atoms with van der Waals surface area (Å²) < 4.78 is 28.8. The fraction of sp³-hybridized carbons (Fsp3) is 0.296. The molecule has 1 N–H and O–H groups in total. The highest BCUT2D eigenvalue weighted by atomic mass is 19.1. The molecule has 2 aromatic heterocycles. The molecule has 196 valence electrons. The van der Waals surface area contributed by atoms with Crippen LogP contribution in [0.15, 0.2) is 59.7 Å². The maximum absolute atomic E-state index is 14.1. The molecule has 1 aliphatic rings. The first kappa shape index (κ1) is 25.3. The zero-order valence-electron chi connectivity index (χ0n) is 21.1. The molecule has 0 aliphatic carbocycles. The number of rotatable bonds is 8. The predicted molar refractivity (Wildman–Crippen MR) is 135 cm³/mol. The first-order chi connectivity index (χ1) is 18.5. The van der Waals surface area contributed by atoms with Gasteiger partial charge in [0.15, 0.2) is 5.69 Å². The molecule has 0 saturated heterocycles. The molecule has 0 fully saturated rings. The topological polar surface area (TPSA) is 113 Å². The van der Waals surface area contributed by atoms with Crippen molar-refractivity contribution in [1.82, 2.24) is 29.6 Å². The monoisotopic (exact) mass is 518 g/mol. The Bertz CT molecular complexity index is 1520. The fourth-order valence-electron chi connectivity index (χ4n) is 4.37. The SMILES string of the molecule is CCC1OCCn2c1nc(C(=O)NCc1ccc(F)cc1-n1ncnc1C)c(OCc1ccccc1)c2=O. The van der Waals surface area contributed by atoms with E-state index in [-0.39, 0.29) is 24.6 Å².